The van der Waals surface area contributed by atoms with E-state index in [9.17, 15) is 0 Å². The average Bonchev–Trinajstić information content (AvgIpc) is 3.03. The van der Waals surface area contributed by atoms with E-state index in [1.165, 1.54) is 0 Å². The number of methoxy groups -OCH3 is 3. The molecule has 2 heterocycles. The highest BCUT2D eigenvalue weighted by Crippen LogP contribution is 2.26. The lowest BCUT2D eigenvalue weighted by molar-refractivity contribution is 0.333. The van der Waals surface area contributed by atoms with Crippen molar-refractivity contribution >= 4 is 22.7 Å². The largest absolute Gasteiger partial charge is 0.497 e. The predicted octanol–water partition coefficient (Wildman–Crippen LogP) is 3.22. The van der Waals surface area contributed by atoms with E-state index in [2.05, 4.69) is 24.9 Å². The fourth-order valence-corrected chi connectivity index (χ4v) is 3.16. The molecule has 1 aromatic carbocycles. The van der Waals surface area contributed by atoms with Gasteiger partial charge in [0.2, 0.25) is 11.8 Å². The van der Waals surface area contributed by atoms with Crippen LogP contribution in [-0.4, -0.2) is 50.2 Å². The normalized spacial score (nSPS) is 20.4. The molecule has 0 aliphatic carbocycles. The van der Waals surface area contributed by atoms with Gasteiger partial charge in [0.15, 0.2) is 0 Å². The van der Waals surface area contributed by atoms with Crippen LogP contribution in [-0.2, 0) is 15.9 Å². The number of ether oxygens (including phenoxy) is 3. The maximum absolute atomic E-state index is 5.53. The molecule has 1 aromatic heterocycles. The van der Waals surface area contributed by atoms with Gasteiger partial charge < -0.3 is 19.2 Å². The van der Waals surface area contributed by atoms with Gasteiger partial charge in [0.25, 0.3) is 0 Å². The first-order valence-corrected chi connectivity index (χ1v) is 8.44. The van der Waals surface area contributed by atoms with E-state index in [0.717, 1.165) is 22.2 Å². The van der Waals surface area contributed by atoms with Crippen molar-refractivity contribution in [1.29, 1.82) is 0 Å². The molecule has 2 aromatic rings. The van der Waals surface area contributed by atoms with Gasteiger partial charge in [-0.1, -0.05) is 13.8 Å². The van der Waals surface area contributed by atoms with Crippen LogP contribution in [0.3, 0.4) is 0 Å². The van der Waals surface area contributed by atoms with E-state index in [-0.39, 0.29) is 12.1 Å². The Hall–Kier alpha value is -2.50. The van der Waals surface area contributed by atoms with E-state index < -0.39 is 0 Å². The number of hydrogen-bond acceptors (Lipinski definition) is 5. The Morgan fingerprint density at radius 3 is 2.44 bits per heavy atom. The van der Waals surface area contributed by atoms with Crippen molar-refractivity contribution in [2.45, 2.75) is 32.4 Å². The topological polar surface area (TPSA) is 68.2 Å². The fraction of sp³-hybridized carbons (Fsp3) is 0.474. The zero-order valence-corrected chi connectivity index (χ0v) is 15.4. The highest BCUT2D eigenvalue weighted by atomic mass is 16.5. The van der Waals surface area contributed by atoms with Crippen LogP contribution < -0.4 is 4.74 Å². The zero-order valence-electron chi connectivity index (χ0n) is 15.4. The SMILES string of the molecule is COC1=N[C@H](Cc2c[nH]c3cc(OC)ccc23)C(OC)=N[C@H]1C(C)C. The summed E-state index contributed by atoms with van der Waals surface area (Å²) in [6, 6.07) is 5.73. The van der Waals surface area contributed by atoms with Gasteiger partial charge in [0, 0.05) is 29.6 Å². The highest BCUT2D eigenvalue weighted by Gasteiger charge is 2.31. The zero-order chi connectivity index (χ0) is 18.0. The third kappa shape index (κ3) is 3.34. The lowest BCUT2D eigenvalue weighted by atomic mass is 10.00. The first-order valence-electron chi connectivity index (χ1n) is 8.44. The molecule has 0 amide bonds. The van der Waals surface area contributed by atoms with Crippen molar-refractivity contribution < 1.29 is 14.2 Å². The van der Waals surface area contributed by atoms with Gasteiger partial charge >= 0.3 is 0 Å². The predicted molar refractivity (Wildman–Crippen MR) is 99.9 cm³/mol. The lowest BCUT2D eigenvalue weighted by Gasteiger charge is -2.27. The number of fused-ring (bicyclic) bond motifs is 1. The molecule has 6 heteroatoms. The number of nitrogens with zero attached hydrogens (tertiary/aromatic N) is 2. The molecule has 0 unspecified atom stereocenters. The Bertz CT molecular complexity index is 807. The maximum Gasteiger partial charge on any atom is 0.209 e. The van der Waals surface area contributed by atoms with Gasteiger partial charge in [-0.3, -0.25) is 0 Å². The number of aromatic nitrogens is 1. The van der Waals surface area contributed by atoms with E-state index in [1.807, 2.05) is 18.3 Å². The molecule has 134 valence electrons. The number of nitrogens with one attached hydrogen (secondary N) is 1. The van der Waals surface area contributed by atoms with Crippen LogP contribution in [0, 0.1) is 5.92 Å². The second-order valence-corrected chi connectivity index (χ2v) is 6.48. The third-order valence-electron chi connectivity index (χ3n) is 4.53. The number of aromatic amines is 1. The molecule has 6 nitrogen and oxygen atoms in total. The molecule has 0 spiro atoms. The van der Waals surface area contributed by atoms with Crippen LogP contribution >= 0.6 is 0 Å². The summed E-state index contributed by atoms with van der Waals surface area (Å²) in [6.07, 6.45) is 2.70. The highest BCUT2D eigenvalue weighted by molar-refractivity contribution is 5.95. The van der Waals surface area contributed by atoms with E-state index in [0.29, 0.717) is 24.1 Å². The van der Waals surface area contributed by atoms with Gasteiger partial charge in [-0.15, -0.1) is 0 Å². The molecule has 2 atom stereocenters. The Morgan fingerprint density at radius 2 is 1.80 bits per heavy atom. The molecule has 0 radical (unpaired) electrons. The molecule has 0 bridgehead atoms. The Balaban J connectivity index is 1.91. The Kier molecular flexibility index (Phi) is 4.97. The van der Waals surface area contributed by atoms with Crippen molar-refractivity contribution in [3.63, 3.8) is 0 Å². The first kappa shape index (κ1) is 17.3. The number of benzene rings is 1. The van der Waals surface area contributed by atoms with Crippen LogP contribution in [0.25, 0.3) is 10.9 Å². The maximum atomic E-state index is 5.53. The fourth-order valence-electron chi connectivity index (χ4n) is 3.16. The molecule has 1 aliphatic rings. The molecule has 0 fully saturated rings. The van der Waals surface area contributed by atoms with Gasteiger partial charge in [-0.2, -0.15) is 0 Å². The van der Waals surface area contributed by atoms with Crippen LogP contribution in [0.15, 0.2) is 34.4 Å². The smallest absolute Gasteiger partial charge is 0.209 e. The molecular formula is C19H25N3O3. The van der Waals surface area contributed by atoms with Gasteiger partial charge in [-0.25, -0.2) is 9.98 Å². The van der Waals surface area contributed by atoms with Crippen molar-refractivity contribution in [3.05, 3.63) is 30.0 Å². The van der Waals surface area contributed by atoms with Gasteiger partial charge in [-0.05, 0) is 23.6 Å². The van der Waals surface area contributed by atoms with Crippen molar-refractivity contribution in [2.75, 3.05) is 21.3 Å². The Labute approximate surface area is 147 Å². The van der Waals surface area contributed by atoms with Crippen molar-refractivity contribution in [3.8, 4) is 5.75 Å². The van der Waals surface area contributed by atoms with Crippen LogP contribution in [0.1, 0.15) is 19.4 Å². The average molecular weight is 343 g/mol. The summed E-state index contributed by atoms with van der Waals surface area (Å²) in [5.74, 6) is 2.45. The summed E-state index contributed by atoms with van der Waals surface area (Å²) in [6.45, 7) is 4.20. The van der Waals surface area contributed by atoms with Gasteiger partial charge in [0.1, 0.15) is 17.8 Å². The first-order chi connectivity index (χ1) is 12.1. The summed E-state index contributed by atoms with van der Waals surface area (Å²) in [4.78, 5) is 12.8. The van der Waals surface area contributed by atoms with Crippen LogP contribution in [0.2, 0.25) is 0 Å². The second-order valence-electron chi connectivity index (χ2n) is 6.48. The lowest BCUT2D eigenvalue weighted by Crippen LogP contribution is -2.38. The minimum atomic E-state index is -0.184. The molecule has 25 heavy (non-hydrogen) atoms. The molecule has 0 saturated heterocycles. The monoisotopic (exact) mass is 343 g/mol. The third-order valence-corrected chi connectivity index (χ3v) is 4.53. The van der Waals surface area contributed by atoms with E-state index in [1.54, 1.807) is 21.3 Å². The second kappa shape index (κ2) is 7.17. The Morgan fingerprint density at radius 1 is 1.04 bits per heavy atom. The quantitative estimate of drug-likeness (QED) is 0.927. The summed E-state index contributed by atoms with van der Waals surface area (Å²) in [5, 5.41) is 1.15. The van der Waals surface area contributed by atoms with Gasteiger partial charge in [0.05, 0.1) is 21.3 Å². The van der Waals surface area contributed by atoms with E-state index in [4.69, 9.17) is 24.2 Å². The molecule has 0 saturated carbocycles. The minimum Gasteiger partial charge on any atom is -0.497 e. The molecule has 1 aliphatic heterocycles. The summed E-state index contributed by atoms with van der Waals surface area (Å²) >= 11 is 0. The van der Waals surface area contributed by atoms with E-state index >= 15 is 0 Å². The molecule has 1 N–H and O–H groups in total. The number of H-pyrrole nitrogens is 1. The summed E-state index contributed by atoms with van der Waals surface area (Å²) in [5.41, 5.74) is 2.20. The molecular weight excluding hydrogens is 318 g/mol. The van der Waals surface area contributed by atoms with Crippen LogP contribution in [0.4, 0.5) is 0 Å². The van der Waals surface area contributed by atoms with Crippen molar-refractivity contribution in [2.24, 2.45) is 15.9 Å². The summed E-state index contributed by atoms with van der Waals surface area (Å²) < 4.78 is 16.3. The van der Waals surface area contributed by atoms with Crippen LogP contribution in [0.5, 0.6) is 5.75 Å². The number of hydrogen-bond donors (Lipinski definition) is 1. The summed E-state index contributed by atoms with van der Waals surface area (Å²) in [7, 11) is 4.97. The number of aliphatic imine (C=N–C) groups is 2. The number of rotatable bonds is 4. The van der Waals surface area contributed by atoms with Crippen molar-refractivity contribution in [1.82, 2.24) is 4.98 Å². The minimum absolute atomic E-state index is 0.0940. The standard InChI is InChI=1S/C19H25N3O3/c1-11(2)17-19(25-5)21-16(18(22-17)24-4)8-12-10-20-15-9-13(23-3)6-7-14(12)15/h6-7,9-11,16-17,20H,8H2,1-5H3/t16-,17+/m1/s1. The molecule has 3 rings (SSSR count).